The first-order valence-corrected chi connectivity index (χ1v) is 7.03. The molecule has 0 unspecified atom stereocenters. The Morgan fingerprint density at radius 1 is 1.41 bits per heavy atom. The molecule has 1 fully saturated rings. The number of halogens is 1. The highest BCUT2D eigenvalue weighted by molar-refractivity contribution is 7.17. The third-order valence-electron chi connectivity index (χ3n) is 2.94. The maximum absolute atomic E-state index is 11.7. The predicted molar refractivity (Wildman–Crippen MR) is 71.6 cm³/mol. The summed E-state index contributed by atoms with van der Waals surface area (Å²) in [6.45, 7) is 0. The lowest BCUT2D eigenvalue weighted by atomic mass is 9.89. The van der Waals surface area contributed by atoms with Crippen LogP contribution in [-0.2, 0) is 4.79 Å². The molecule has 1 aliphatic rings. The van der Waals surface area contributed by atoms with Gasteiger partial charge in [-0.1, -0.05) is 30.9 Å². The minimum atomic E-state index is 0.0450. The molecule has 17 heavy (non-hydrogen) atoms. The quantitative estimate of drug-likeness (QED) is 0.663. The molecule has 5 heteroatoms. The summed E-state index contributed by atoms with van der Waals surface area (Å²) in [5.74, 6) is 0.191. The van der Waals surface area contributed by atoms with E-state index in [-0.39, 0.29) is 11.8 Å². The number of hydrazone groups is 1. The highest BCUT2D eigenvalue weighted by atomic mass is 35.5. The van der Waals surface area contributed by atoms with Crippen LogP contribution in [0.4, 0.5) is 0 Å². The zero-order valence-electron chi connectivity index (χ0n) is 9.49. The Morgan fingerprint density at radius 3 is 2.82 bits per heavy atom. The summed E-state index contributed by atoms with van der Waals surface area (Å²) in [5, 5.41) is 3.96. The molecule has 1 aromatic rings. The van der Waals surface area contributed by atoms with Crippen LogP contribution in [0.3, 0.4) is 0 Å². The SMILES string of the molecule is O=C(N/N=C\c1ccc(Cl)s1)C1CCCCC1. The molecule has 1 N–H and O–H groups in total. The highest BCUT2D eigenvalue weighted by Gasteiger charge is 2.20. The molecular weight excluding hydrogens is 256 g/mol. The van der Waals surface area contributed by atoms with Crippen LogP contribution in [0, 0.1) is 5.92 Å². The maximum Gasteiger partial charge on any atom is 0.243 e. The third-order valence-corrected chi connectivity index (χ3v) is 4.10. The monoisotopic (exact) mass is 270 g/mol. The number of nitrogens with one attached hydrogen (secondary N) is 1. The van der Waals surface area contributed by atoms with Crippen molar-refractivity contribution in [2.75, 3.05) is 0 Å². The van der Waals surface area contributed by atoms with Crippen molar-refractivity contribution in [3.63, 3.8) is 0 Å². The smallest absolute Gasteiger partial charge is 0.243 e. The van der Waals surface area contributed by atoms with E-state index < -0.39 is 0 Å². The van der Waals surface area contributed by atoms with E-state index in [0.29, 0.717) is 0 Å². The normalized spacial score (nSPS) is 17.5. The summed E-state index contributed by atoms with van der Waals surface area (Å²) in [4.78, 5) is 12.7. The van der Waals surface area contributed by atoms with Crippen molar-refractivity contribution in [2.24, 2.45) is 11.0 Å². The zero-order chi connectivity index (χ0) is 12.1. The van der Waals surface area contributed by atoms with E-state index in [1.165, 1.54) is 17.8 Å². The van der Waals surface area contributed by atoms with Crippen molar-refractivity contribution in [1.29, 1.82) is 0 Å². The minimum Gasteiger partial charge on any atom is -0.273 e. The van der Waals surface area contributed by atoms with Crippen LogP contribution in [0.15, 0.2) is 17.2 Å². The second-order valence-electron chi connectivity index (χ2n) is 4.21. The largest absolute Gasteiger partial charge is 0.273 e. The van der Waals surface area contributed by atoms with Crippen LogP contribution < -0.4 is 5.43 Å². The van der Waals surface area contributed by atoms with E-state index >= 15 is 0 Å². The molecule has 0 atom stereocenters. The van der Waals surface area contributed by atoms with Gasteiger partial charge in [0.05, 0.1) is 10.6 Å². The van der Waals surface area contributed by atoms with Crippen LogP contribution in [-0.4, -0.2) is 12.1 Å². The molecule has 2 rings (SSSR count). The Morgan fingerprint density at radius 2 is 2.18 bits per heavy atom. The van der Waals surface area contributed by atoms with Gasteiger partial charge in [-0.3, -0.25) is 4.79 Å². The van der Waals surface area contributed by atoms with Gasteiger partial charge < -0.3 is 0 Å². The first-order valence-electron chi connectivity index (χ1n) is 5.84. The second-order valence-corrected chi connectivity index (χ2v) is 5.96. The second kappa shape index (κ2) is 6.17. The number of rotatable bonds is 3. The summed E-state index contributed by atoms with van der Waals surface area (Å²) >= 11 is 7.23. The summed E-state index contributed by atoms with van der Waals surface area (Å²) in [6.07, 6.45) is 7.18. The topological polar surface area (TPSA) is 41.5 Å². The van der Waals surface area contributed by atoms with Gasteiger partial charge in [0.15, 0.2) is 0 Å². The minimum absolute atomic E-state index is 0.0450. The number of nitrogens with zero attached hydrogens (tertiary/aromatic N) is 1. The van der Waals surface area contributed by atoms with Gasteiger partial charge in [0.1, 0.15) is 0 Å². The molecule has 0 aromatic carbocycles. The molecule has 1 aromatic heterocycles. The first kappa shape index (κ1) is 12.6. The number of amides is 1. The fourth-order valence-electron chi connectivity index (χ4n) is 2.01. The molecule has 0 aliphatic heterocycles. The van der Waals surface area contributed by atoms with E-state index in [2.05, 4.69) is 10.5 Å². The van der Waals surface area contributed by atoms with Crippen molar-refractivity contribution in [1.82, 2.24) is 5.43 Å². The molecule has 3 nitrogen and oxygen atoms in total. The van der Waals surface area contributed by atoms with E-state index in [1.54, 1.807) is 6.21 Å². The van der Waals surface area contributed by atoms with Crippen LogP contribution in [0.2, 0.25) is 4.34 Å². The van der Waals surface area contributed by atoms with Gasteiger partial charge in [-0.15, -0.1) is 11.3 Å². The van der Waals surface area contributed by atoms with Gasteiger partial charge >= 0.3 is 0 Å². The molecule has 0 bridgehead atoms. The van der Waals surface area contributed by atoms with Crippen molar-refractivity contribution in [3.8, 4) is 0 Å². The fraction of sp³-hybridized carbons (Fsp3) is 0.500. The molecule has 0 radical (unpaired) electrons. The van der Waals surface area contributed by atoms with Crippen molar-refractivity contribution >= 4 is 35.1 Å². The summed E-state index contributed by atoms with van der Waals surface area (Å²) < 4.78 is 0.727. The van der Waals surface area contributed by atoms with Gasteiger partial charge in [0.25, 0.3) is 0 Å². The summed E-state index contributed by atoms with van der Waals surface area (Å²) in [6, 6.07) is 3.69. The lowest BCUT2D eigenvalue weighted by molar-refractivity contribution is -0.125. The average molecular weight is 271 g/mol. The van der Waals surface area contributed by atoms with Crippen LogP contribution in [0.5, 0.6) is 0 Å². The summed E-state index contributed by atoms with van der Waals surface area (Å²) in [5.41, 5.74) is 2.60. The average Bonchev–Trinajstić information content (AvgIpc) is 2.76. The van der Waals surface area contributed by atoms with Gasteiger partial charge in [0, 0.05) is 10.8 Å². The Bertz CT molecular complexity index is 410. The number of carbonyl (C=O) groups excluding carboxylic acids is 1. The Hall–Kier alpha value is -0.870. The Labute approximate surface area is 110 Å². The first-order chi connectivity index (χ1) is 8.25. The van der Waals surface area contributed by atoms with Gasteiger partial charge in [-0.2, -0.15) is 5.10 Å². The van der Waals surface area contributed by atoms with E-state index in [0.717, 1.165) is 34.9 Å². The molecule has 1 saturated carbocycles. The lowest BCUT2D eigenvalue weighted by Crippen LogP contribution is -2.28. The molecule has 1 aliphatic carbocycles. The van der Waals surface area contributed by atoms with Crippen LogP contribution in [0.25, 0.3) is 0 Å². The van der Waals surface area contributed by atoms with Crippen molar-refractivity contribution < 1.29 is 4.79 Å². The number of hydrogen-bond acceptors (Lipinski definition) is 3. The van der Waals surface area contributed by atoms with E-state index in [4.69, 9.17) is 11.6 Å². The maximum atomic E-state index is 11.7. The summed E-state index contributed by atoms with van der Waals surface area (Å²) in [7, 11) is 0. The van der Waals surface area contributed by atoms with Crippen molar-refractivity contribution in [3.05, 3.63) is 21.3 Å². The van der Waals surface area contributed by atoms with Gasteiger partial charge in [-0.25, -0.2) is 5.43 Å². The number of hydrogen-bond donors (Lipinski definition) is 1. The predicted octanol–water partition coefficient (Wildman–Crippen LogP) is 3.43. The molecule has 92 valence electrons. The highest BCUT2D eigenvalue weighted by Crippen LogP contribution is 2.23. The van der Waals surface area contributed by atoms with E-state index in [9.17, 15) is 4.79 Å². The van der Waals surface area contributed by atoms with Crippen LogP contribution >= 0.6 is 22.9 Å². The molecular formula is C12H15ClN2OS. The molecule has 0 spiro atoms. The molecule has 0 saturated heterocycles. The lowest BCUT2D eigenvalue weighted by Gasteiger charge is -2.19. The van der Waals surface area contributed by atoms with Gasteiger partial charge in [-0.05, 0) is 25.0 Å². The Kier molecular flexibility index (Phi) is 4.57. The standard InChI is InChI=1S/C12H15ClN2OS/c13-11-7-6-10(17-11)8-14-15-12(16)9-4-2-1-3-5-9/h6-9H,1-5H2,(H,15,16)/b14-8-. The number of carbonyl (C=O) groups is 1. The van der Waals surface area contributed by atoms with Crippen LogP contribution in [0.1, 0.15) is 37.0 Å². The molecule has 1 amide bonds. The third kappa shape index (κ3) is 3.82. The zero-order valence-corrected chi connectivity index (χ0v) is 11.1. The molecule has 1 heterocycles. The van der Waals surface area contributed by atoms with E-state index in [1.807, 2.05) is 12.1 Å². The van der Waals surface area contributed by atoms with Crippen molar-refractivity contribution in [2.45, 2.75) is 32.1 Å². The Balaban J connectivity index is 1.81. The fourth-order valence-corrected chi connectivity index (χ4v) is 2.95. The van der Waals surface area contributed by atoms with Gasteiger partial charge in [0.2, 0.25) is 5.91 Å². The number of thiophene rings is 1.